The number of carboxylic acids is 1. The Morgan fingerprint density at radius 3 is 2.42 bits per heavy atom. The number of nitrogens with one attached hydrogen (secondary N) is 1. The summed E-state index contributed by atoms with van der Waals surface area (Å²) in [6, 6.07) is -1.03. The number of carbonyl (C=O) groups excluding carboxylic acids is 1. The van der Waals surface area contributed by atoms with Gasteiger partial charge in [0.2, 0.25) is 0 Å². The molecule has 1 amide bonds. The minimum absolute atomic E-state index is 0.0412. The van der Waals surface area contributed by atoms with Gasteiger partial charge in [0.05, 0.1) is 11.8 Å². The molecular weight excluding hydrogens is 275 g/mol. The van der Waals surface area contributed by atoms with Gasteiger partial charge in [0.1, 0.15) is 6.04 Å². The van der Waals surface area contributed by atoms with E-state index in [0.717, 1.165) is 0 Å². The second-order valence-electron chi connectivity index (χ2n) is 3.86. The number of primary amides is 1. The average molecular weight is 292 g/mol. The molecule has 1 aromatic rings. The SMILES string of the molecule is CP(=O)(O)CCC(N)C(=O)O.NC(=O)c1cn[nH]c1. The molecule has 0 saturated carbocycles. The summed E-state index contributed by atoms with van der Waals surface area (Å²) in [6.07, 6.45) is 2.82. The summed E-state index contributed by atoms with van der Waals surface area (Å²) in [6.45, 7) is 1.18. The van der Waals surface area contributed by atoms with E-state index in [4.69, 9.17) is 21.5 Å². The van der Waals surface area contributed by atoms with E-state index in [0.29, 0.717) is 5.56 Å². The second kappa shape index (κ2) is 7.67. The van der Waals surface area contributed by atoms with Crippen LogP contribution in [0.3, 0.4) is 0 Å². The van der Waals surface area contributed by atoms with Gasteiger partial charge in [-0.25, -0.2) is 0 Å². The highest BCUT2D eigenvalue weighted by Gasteiger charge is 2.16. The Labute approximate surface area is 109 Å². The number of aliphatic carboxylic acids is 1. The van der Waals surface area contributed by atoms with Crippen LogP contribution in [0, 0.1) is 0 Å². The zero-order valence-electron chi connectivity index (χ0n) is 10.3. The number of hydrogen-bond acceptors (Lipinski definition) is 5. The summed E-state index contributed by atoms with van der Waals surface area (Å²) in [5.74, 6) is -1.60. The van der Waals surface area contributed by atoms with Crippen molar-refractivity contribution in [1.29, 1.82) is 0 Å². The predicted molar refractivity (Wildman–Crippen MR) is 68.0 cm³/mol. The van der Waals surface area contributed by atoms with Gasteiger partial charge in [0, 0.05) is 19.0 Å². The lowest BCUT2D eigenvalue weighted by Gasteiger charge is -2.07. The molecule has 1 aromatic heterocycles. The minimum atomic E-state index is -3.10. The van der Waals surface area contributed by atoms with E-state index in [-0.39, 0.29) is 12.6 Å². The number of amides is 1. The first-order chi connectivity index (χ1) is 8.63. The third-order valence-electron chi connectivity index (χ3n) is 1.95. The molecule has 0 radical (unpaired) electrons. The fourth-order valence-electron chi connectivity index (χ4n) is 0.888. The van der Waals surface area contributed by atoms with Crippen LogP contribution >= 0.6 is 7.37 Å². The molecule has 10 heteroatoms. The fraction of sp³-hybridized carbons (Fsp3) is 0.444. The number of nitrogens with zero attached hydrogens (tertiary/aromatic N) is 1. The van der Waals surface area contributed by atoms with Crippen LogP contribution in [0.25, 0.3) is 0 Å². The summed E-state index contributed by atoms with van der Waals surface area (Å²) >= 11 is 0. The first-order valence-corrected chi connectivity index (χ1v) is 7.49. The summed E-state index contributed by atoms with van der Waals surface area (Å²) in [5, 5.41) is 14.3. The van der Waals surface area contributed by atoms with E-state index < -0.39 is 25.3 Å². The van der Waals surface area contributed by atoms with Gasteiger partial charge in [-0.15, -0.1) is 0 Å². The molecule has 7 N–H and O–H groups in total. The molecule has 0 aliphatic rings. The fourth-order valence-corrected chi connectivity index (χ4v) is 1.64. The van der Waals surface area contributed by atoms with Crippen molar-refractivity contribution in [3.8, 4) is 0 Å². The first-order valence-electron chi connectivity index (χ1n) is 5.19. The molecule has 0 spiro atoms. The number of carbonyl (C=O) groups is 2. The second-order valence-corrected chi connectivity index (χ2v) is 6.41. The highest BCUT2D eigenvalue weighted by molar-refractivity contribution is 7.57. The quantitative estimate of drug-likeness (QED) is 0.441. The smallest absolute Gasteiger partial charge is 0.320 e. The van der Waals surface area contributed by atoms with E-state index in [1.54, 1.807) is 0 Å². The maximum Gasteiger partial charge on any atom is 0.320 e. The average Bonchev–Trinajstić information content (AvgIpc) is 2.79. The monoisotopic (exact) mass is 292 g/mol. The molecule has 2 atom stereocenters. The van der Waals surface area contributed by atoms with Crippen LogP contribution in [-0.2, 0) is 9.36 Å². The van der Waals surface area contributed by atoms with E-state index in [1.165, 1.54) is 19.1 Å². The summed E-state index contributed by atoms with van der Waals surface area (Å²) in [7, 11) is -3.10. The standard InChI is InChI=1S/C5H12NO4P.C4H5N3O/c1-11(9,10)3-2-4(6)5(7)8;5-4(8)3-1-6-7-2-3/h4H,2-3,6H2,1H3,(H,7,8)(H,9,10);1-2H,(H2,5,8)(H,6,7). The number of carboxylic acid groups (broad SMARTS) is 1. The van der Waals surface area contributed by atoms with Crippen LogP contribution in [0.4, 0.5) is 0 Å². The number of rotatable bonds is 5. The predicted octanol–water partition coefficient (Wildman–Crippen LogP) is -0.803. The van der Waals surface area contributed by atoms with Crippen molar-refractivity contribution in [2.24, 2.45) is 11.5 Å². The first kappa shape index (κ1) is 17.3. The van der Waals surface area contributed by atoms with Crippen LogP contribution in [0.5, 0.6) is 0 Å². The van der Waals surface area contributed by atoms with Gasteiger partial charge >= 0.3 is 5.97 Å². The number of H-pyrrole nitrogens is 1. The van der Waals surface area contributed by atoms with Gasteiger partial charge in [-0.05, 0) is 6.42 Å². The van der Waals surface area contributed by atoms with Crippen molar-refractivity contribution < 1.29 is 24.2 Å². The molecule has 0 saturated heterocycles. The zero-order valence-corrected chi connectivity index (χ0v) is 11.2. The molecule has 0 bridgehead atoms. The Bertz CT molecular complexity index is 455. The zero-order chi connectivity index (χ0) is 15.1. The van der Waals surface area contributed by atoms with Gasteiger partial charge in [-0.2, -0.15) is 5.10 Å². The van der Waals surface area contributed by atoms with Crippen LogP contribution in [0.2, 0.25) is 0 Å². The molecule has 0 aliphatic carbocycles. The maximum atomic E-state index is 10.6. The molecule has 9 nitrogen and oxygen atoms in total. The lowest BCUT2D eigenvalue weighted by molar-refractivity contribution is -0.138. The highest BCUT2D eigenvalue weighted by atomic mass is 31.2. The number of aromatic amines is 1. The molecule has 108 valence electrons. The van der Waals surface area contributed by atoms with Crippen molar-refractivity contribution in [3.05, 3.63) is 18.0 Å². The van der Waals surface area contributed by atoms with E-state index in [2.05, 4.69) is 10.2 Å². The molecule has 1 rings (SSSR count). The summed E-state index contributed by atoms with van der Waals surface area (Å²) < 4.78 is 10.6. The lowest BCUT2D eigenvalue weighted by Crippen LogP contribution is -2.30. The number of hydrogen-bond donors (Lipinski definition) is 5. The largest absolute Gasteiger partial charge is 0.480 e. The van der Waals surface area contributed by atoms with Crippen LogP contribution in [0.1, 0.15) is 16.8 Å². The topological polar surface area (TPSA) is 172 Å². The molecule has 19 heavy (non-hydrogen) atoms. The third kappa shape index (κ3) is 8.95. The maximum absolute atomic E-state index is 10.6. The lowest BCUT2D eigenvalue weighted by atomic mass is 10.2. The van der Waals surface area contributed by atoms with Crippen molar-refractivity contribution in [2.45, 2.75) is 12.5 Å². The number of nitrogens with two attached hydrogens (primary N) is 2. The van der Waals surface area contributed by atoms with Crippen LogP contribution < -0.4 is 11.5 Å². The Morgan fingerprint density at radius 1 is 1.58 bits per heavy atom. The van der Waals surface area contributed by atoms with Crippen molar-refractivity contribution in [2.75, 3.05) is 12.8 Å². The molecule has 1 heterocycles. The summed E-state index contributed by atoms with van der Waals surface area (Å²) in [4.78, 5) is 29.1. The summed E-state index contributed by atoms with van der Waals surface area (Å²) in [5.41, 5.74) is 10.4. The Morgan fingerprint density at radius 2 is 2.16 bits per heavy atom. The Balaban J connectivity index is 0.000000356. The molecule has 0 aliphatic heterocycles. The van der Waals surface area contributed by atoms with Crippen LogP contribution in [-0.4, -0.2) is 50.9 Å². The van der Waals surface area contributed by atoms with Crippen molar-refractivity contribution >= 4 is 19.2 Å². The molecule has 0 fully saturated rings. The van der Waals surface area contributed by atoms with E-state index in [9.17, 15) is 14.2 Å². The normalized spacial score (nSPS) is 14.7. The van der Waals surface area contributed by atoms with Crippen LogP contribution in [0.15, 0.2) is 12.4 Å². The minimum Gasteiger partial charge on any atom is -0.480 e. The van der Waals surface area contributed by atoms with Gasteiger partial charge in [0.15, 0.2) is 7.37 Å². The highest BCUT2D eigenvalue weighted by Crippen LogP contribution is 2.35. The Kier molecular flexibility index (Phi) is 6.99. The van der Waals surface area contributed by atoms with Crippen molar-refractivity contribution in [1.82, 2.24) is 10.2 Å². The third-order valence-corrected chi connectivity index (χ3v) is 3.04. The number of aromatic nitrogens is 2. The Hall–Kier alpha value is -1.70. The molecule has 2 unspecified atom stereocenters. The van der Waals surface area contributed by atoms with E-state index >= 15 is 0 Å². The van der Waals surface area contributed by atoms with Gasteiger partial charge in [-0.3, -0.25) is 19.3 Å². The van der Waals surface area contributed by atoms with Gasteiger partial charge in [0.25, 0.3) is 5.91 Å². The van der Waals surface area contributed by atoms with Gasteiger partial charge in [-0.1, -0.05) is 0 Å². The van der Waals surface area contributed by atoms with Gasteiger partial charge < -0.3 is 21.5 Å². The molecular formula is C9H17N4O5P. The van der Waals surface area contributed by atoms with Crippen molar-refractivity contribution in [3.63, 3.8) is 0 Å². The van der Waals surface area contributed by atoms with E-state index in [1.807, 2.05) is 0 Å². The molecule has 0 aromatic carbocycles.